The van der Waals surface area contributed by atoms with E-state index in [9.17, 15) is 4.21 Å². The van der Waals surface area contributed by atoms with Gasteiger partial charge in [-0.3, -0.25) is 4.21 Å². The van der Waals surface area contributed by atoms with E-state index in [0.29, 0.717) is 0 Å². The summed E-state index contributed by atoms with van der Waals surface area (Å²) >= 11 is 0. The van der Waals surface area contributed by atoms with Crippen molar-refractivity contribution in [2.45, 2.75) is 18.6 Å². The zero-order valence-corrected chi connectivity index (χ0v) is 6.08. The third-order valence-electron chi connectivity index (χ3n) is 0.988. The Bertz CT molecular complexity index is 145. The summed E-state index contributed by atoms with van der Waals surface area (Å²) in [5.74, 6) is 0. The zero-order chi connectivity index (χ0) is 6.78. The van der Waals surface area contributed by atoms with Gasteiger partial charge in [0.25, 0.3) is 0 Å². The highest BCUT2D eigenvalue weighted by atomic mass is 32.2. The lowest BCUT2D eigenvalue weighted by Gasteiger charge is -2.08. The van der Waals surface area contributed by atoms with Gasteiger partial charge in [0.15, 0.2) is 0 Å². The minimum absolute atomic E-state index is 0.681. The molecule has 0 aliphatic heterocycles. The Morgan fingerprint density at radius 2 is 2.00 bits per heavy atom. The smallest absolute Gasteiger partial charge is 0.126 e. The molecule has 3 heteroatoms. The van der Waals surface area contributed by atoms with E-state index < -0.39 is 15.5 Å². The van der Waals surface area contributed by atoms with Gasteiger partial charge in [-0.25, -0.2) is 0 Å². The number of rotatable bonds is 1. The highest BCUT2D eigenvalue weighted by molar-refractivity contribution is 7.85. The van der Waals surface area contributed by atoms with E-state index in [1.165, 1.54) is 6.26 Å². The molecule has 0 amide bonds. The summed E-state index contributed by atoms with van der Waals surface area (Å²) in [6, 6.07) is 1.94. The van der Waals surface area contributed by atoms with Crippen molar-refractivity contribution < 1.29 is 4.21 Å². The van der Waals surface area contributed by atoms with Gasteiger partial charge in [-0.2, -0.15) is 5.26 Å². The van der Waals surface area contributed by atoms with Crippen molar-refractivity contribution in [3.8, 4) is 6.07 Å². The molecule has 8 heavy (non-hydrogen) atoms. The molecule has 0 fully saturated rings. The van der Waals surface area contributed by atoms with Crippen LogP contribution in [0, 0.1) is 11.3 Å². The maximum atomic E-state index is 10.6. The molecule has 0 aliphatic rings. The summed E-state index contributed by atoms with van der Waals surface area (Å²) in [5, 5.41) is 8.32. The molecular formula is C5H9NOS. The summed E-state index contributed by atoms with van der Waals surface area (Å²) in [5.41, 5.74) is 0. The summed E-state index contributed by atoms with van der Waals surface area (Å²) < 4.78 is 9.90. The van der Waals surface area contributed by atoms with Crippen LogP contribution in [0.1, 0.15) is 13.8 Å². The first-order valence-electron chi connectivity index (χ1n) is 2.25. The number of hydrogen-bond acceptors (Lipinski definition) is 2. The third-order valence-corrected chi connectivity index (χ3v) is 2.52. The van der Waals surface area contributed by atoms with Crippen molar-refractivity contribution in [1.82, 2.24) is 0 Å². The Labute approximate surface area is 52.0 Å². The lowest BCUT2D eigenvalue weighted by atomic mass is 10.2. The van der Waals surface area contributed by atoms with Crippen molar-refractivity contribution in [1.29, 1.82) is 5.26 Å². The molecule has 2 nitrogen and oxygen atoms in total. The molecule has 0 radical (unpaired) electrons. The average molecular weight is 131 g/mol. The first-order valence-corrected chi connectivity index (χ1v) is 3.81. The summed E-state index contributed by atoms with van der Waals surface area (Å²) in [7, 11) is -1.04. The Morgan fingerprint density at radius 3 is 2.00 bits per heavy atom. The Morgan fingerprint density at radius 1 is 1.62 bits per heavy atom. The predicted octanol–water partition coefficient (Wildman–Crippen LogP) is 0.667. The topological polar surface area (TPSA) is 40.9 Å². The molecule has 0 aromatic heterocycles. The second-order valence-corrected chi connectivity index (χ2v) is 4.01. The minimum Gasteiger partial charge on any atom is -0.258 e. The van der Waals surface area contributed by atoms with Crippen LogP contribution in [0.3, 0.4) is 0 Å². The fraction of sp³-hybridized carbons (Fsp3) is 0.800. The van der Waals surface area contributed by atoms with Gasteiger partial charge in [0.2, 0.25) is 0 Å². The summed E-state index contributed by atoms with van der Waals surface area (Å²) in [6.45, 7) is 3.31. The minimum atomic E-state index is -1.04. The van der Waals surface area contributed by atoms with Crippen molar-refractivity contribution in [3.05, 3.63) is 0 Å². The van der Waals surface area contributed by atoms with Crippen LogP contribution >= 0.6 is 0 Å². The van der Waals surface area contributed by atoms with Gasteiger partial charge < -0.3 is 0 Å². The molecule has 0 unspecified atom stereocenters. The van der Waals surface area contributed by atoms with Crippen LogP contribution < -0.4 is 0 Å². The predicted molar refractivity (Wildman–Crippen MR) is 33.8 cm³/mol. The second-order valence-electron chi connectivity index (χ2n) is 2.08. The van der Waals surface area contributed by atoms with Crippen LogP contribution in [0.4, 0.5) is 0 Å². The molecule has 0 bridgehead atoms. The van der Waals surface area contributed by atoms with Crippen LogP contribution in [0.2, 0.25) is 0 Å². The lowest BCUT2D eigenvalue weighted by Crippen LogP contribution is -2.22. The van der Waals surface area contributed by atoms with Crippen LogP contribution in [0.15, 0.2) is 0 Å². The SMILES string of the molecule is C[S@@](=O)C(C)(C)C#N. The van der Waals surface area contributed by atoms with Crippen molar-refractivity contribution in [3.63, 3.8) is 0 Å². The highest BCUT2D eigenvalue weighted by Gasteiger charge is 2.20. The monoisotopic (exact) mass is 131 g/mol. The molecule has 0 saturated heterocycles. The summed E-state index contributed by atoms with van der Waals surface area (Å²) in [4.78, 5) is 0. The maximum Gasteiger partial charge on any atom is 0.126 e. The van der Waals surface area contributed by atoms with Gasteiger partial charge in [0.05, 0.1) is 6.07 Å². The maximum absolute atomic E-state index is 10.6. The van der Waals surface area contributed by atoms with Crippen LogP contribution in [-0.4, -0.2) is 15.2 Å². The fourth-order valence-corrected chi connectivity index (χ4v) is 0.193. The van der Waals surface area contributed by atoms with Gasteiger partial charge in [-0.05, 0) is 13.8 Å². The first-order chi connectivity index (χ1) is 3.50. The van der Waals surface area contributed by atoms with Crippen LogP contribution in [0.25, 0.3) is 0 Å². The van der Waals surface area contributed by atoms with Gasteiger partial charge in [-0.15, -0.1) is 0 Å². The Balaban J connectivity index is 4.19. The molecule has 0 N–H and O–H groups in total. The van der Waals surface area contributed by atoms with Gasteiger partial charge in [0.1, 0.15) is 4.75 Å². The normalized spacial score (nSPS) is 14.8. The average Bonchev–Trinajstić information content (AvgIpc) is 1.67. The zero-order valence-electron chi connectivity index (χ0n) is 5.26. The van der Waals surface area contributed by atoms with E-state index >= 15 is 0 Å². The van der Waals surface area contributed by atoms with Gasteiger partial charge in [0, 0.05) is 17.1 Å². The Hall–Kier alpha value is -0.360. The summed E-state index contributed by atoms with van der Waals surface area (Å²) in [6.07, 6.45) is 1.53. The molecule has 46 valence electrons. The van der Waals surface area contributed by atoms with Gasteiger partial charge >= 0.3 is 0 Å². The molecule has 0 heterocycles. The quantitative estimate of drug-likeness (QED) is 0.524. The fourth-order valence-electron chi connectivity index (χ4n) is 0.0643. The number of nitriles is 1. The first kappa shape index (κ1) is 7.64. The van der Waals surface area contributed by atoms with E-state index in [0.717, 1.165) is 0 Å². The standard InChI is InChI=1S/C5H9NOS/c1-5(2,4-6)8(3)7/h1-3H3/t8-/m1/s1. The van der Waals surface area contributed by atoms with E-state index in [4.69, 9.17) is 5.26 Å². The van der Waals surface area contributed by atoms with E-state index in [1.54, 1.807) is 13.8 Å². The second kappa shape index (κ2) is 2.27. The Kier molecular flexibility index (Phi) is 2.17. The van der Waals surface area contributed by atoms with E-state index in [2.05, 4.69) is 0 Å². The van der Waals surface area contributed by atoms with E-state index in [-0.39, 0.29) is 0 Å². The molecule has 0 aromatic carbocycles. The van der Waals surface area contributed by atoms with Crippen LogP contribution in [0.5, 0.6) is 0 Å². The van der Waals surface area contributed by atoms with Crippen molar-refractivity contribution in [2.75, 3.05) is 6.26 Å². The third kappa shape index (κ3) is 1.63. The lowest BCUT2D eigenvalue weighted by molar-refractivity contribution is 0.669. The molecule has 0 aromatic rings. The molecular weight excluding hydrogens is 122 g/mol. The highest BCUT2D eigenvalue weighted by Crippen LogP contribution is 2.07. The number of nitrogens with zero attached hydrogens (tertiary/aromatic N) is 1. The van der Waals surface area contributed by atoms with Crippen molar-refractivity contribution >= 4 is 10.8 Å². The molecule has 0 spiro atoms. The molecule has 0 saturated carbocycles. The van der Waals surface area contributed by atoms with E-state index in [1.807, 2.05) is 6.07 Å². The number of hydrogen-bond donors (Lipinski definition) is 0. The molecule has 0 aliphatic carbocycles. The van der Waals surface area contributed by atoms with Crippen LogP contribution in [-0.2, 0) is 10.8 Å². The van der Waals surface area contributed by atoms with Crippen molar-refractivity contribution in [2.24, 2.45) is 0 Å². The van der Waals surface area contributed by atoms with Gasteiger partial charge in [-0.1, -0.05) is 0 Å². The largest absolute Gasteiger partial charge is 0.258 e. The molecule has 0 rings (SSSR count). The molecule has 1 atom stereocenters.